The molecule has 1 saturated carbocycles. The zero-order valence-corrected chi connectivity index (χ0v) is 11.6. The highest BCUT2D eigenvalue weighted by atomic mass is 16.5. The molecule has 0 aliphatic heterocycles. The van der Waals surface area contributed by atoms with E-state index >= 15 is 0 Å². The van der Waals surface area contributed by atoms with E-state index in [0.29, 0.717) is 18.6 Å². The Morgan fingerprint density at radius 3 is 2.44 bits per heavy atom. The summed E-state index contributed by atoms with van der Waals surface area (Å²) < 4.78 is 6.02. The molecule has 0 unspecified atom stereocenters. The van der Waals surface area contributed by atoms with Gasteiger partial charge in [-0.05, 0) is 38.0 Å². The highest BCUT2D eigenvalue weighted by molar-refractivity contribution is 5.06. The van der Waals surface area contributed by atoms with Crippen LogP contribution in [0.4, 0.5) is 0 Å². The molecule has 0 aromatic carbocycles. The maximum Gasteiger partial charge on any atom is 0.182 e. The summed E-state index contributed by atoms with van der Waals surface area (Å²) in [6.07, 6.45) is 4.24. The molecule has 5 nitrogen and oxygen atoms in total. The number of aromatic nitrogens is 3. The molecule has 0 radical (unpaired) electrons. The SMILES string of the molecule is CCOC1(c2n[nH]c(CN)n2)CCC(C)(C)CC1. The second kappa shape index (κ2) is 4.97. The lowest BCUT2D eigenvalue weighted by atomic mass is 9.70. The Labute approximate surface area is 109 Å². The minimum absolute atomic E-state index is 0.311. The van der Waals surface area contributed by atoms with Crippen LogP contribution >= 0.6 is 0 Å². The first-order valence-electron chi connectivity index (χ1n) is 6.77. The van der Waals surface area contributed by atoms with E-state index in [1.807, 2.05) is 6.92 Å². The number of hydrogen-bond donors (Lipinski definition) is 2. The van der Waals surface area contributed by atoms with Crippen molar-refractivity contribution in [1.29, 1.82) is 0 Å². The first-order valence-corrected chi connectivity index (χ1v) is 6.77. The second-order valence-electron chi connectivity index (χ2n) is 5.90. The van der Waals surface area contributed by atoms with Crippen LogP contribution in [0.2, 0.25) is 0 Å². The van der Waals surface area contributed by atoms with Gasteiger partial charge in [0.15, 0.2) is 5.82 Å². The Hall–Kier alpha value is -0.940. The lowest BCUT2D eigenvalue weighted by Gasteiger charge is -2.41. The molecule has 3 N–H and O–H groups in total. The van der Waals surface area contributed by atoms with Crippen molar-refractivity contribution in [2.24, 2.45) is 11.1 Å². The van der Waals surface area contributed by atoms with Gasteiger partial charge < -0.3 is 10.5 Å². The van der Waals surface area contributed by atoms with Crippen LogP contribution in [0.25, 0.3) is 0 Å². The molecule has 0 spiro atoms. The molecule has 1 aliphatic rings. The summed E-state index contributed by atoms with van der Waals surface area (Å²) in [4.78, 5) is 4.47. The van der Waals surface area contributed by atoms with Gasteiger partial charge in [0.1, 0.15) is 11.4 Å². The summed E-state index contributed by atoms with van der Waals surface area (Å²) in [5.74, 6) is 1.51. The molecule has 1 aliphatic carbocycles. The van der Waals surface area contributed by atoms with Gasteiger partial charge in [-0.3, -0.25) is 5.10 Å². The molecular weight excluding hydrogens is 228 g/mol. The van der Waals surface area contributed by atoms with Crippen LogP contribution in [0.3, 0.4) is 0 Å². The number of nitrogens with two attached hydrogens (primary N) is 1. The predicted octanol–water partition coefficient (Wildman–Crippen LogP) is 2.10. The van der Waals surface area contributed by atoms with Crippen molar-refractivity contribution in [2.45, 2.75) is 58.6 Å². The van der Waals surface area contributed by atoms with E-state index in [2.05, 4.69) is 29.0 Å². The molecule has 18 heavy (non-hydrogen) atoms. The molecule has 102 valence electrons. The van der Waals surface area contributed by atoms with E-state index in [1.165, 1.54) is 0 Å². The van der Waals surface area contributed by atoms with Gasteiger partial charge in [-0.25, -0.2) is 4.98 Å². The minimum atomic E-state index is -0.311. The van der Waals surface area contributed by atoms with Gasteiger partial charge in [-0.15, -0.1) is 0 Å². The molecule has 1 aromatic heterocycles. The van der Waals surface area contributed by atoms with Crippen LogP contribution in [-0.2, 0) is 16.9 Å². The summed E-state index contributed by atoms with van der Waals surface area (Å²) in [7, 11) is 0. The highest BCUT2D eigenvalue weighted by Crippen LogP contribution is 2.46. The van der Waals surface area contributed by atoms with Crippen molar-refractivity contribution in [2.75, 3.05) is 6.61 Å². The van der Waals surface area contributed by atoms with Crippen molar-refractivity contribution in [3.8, 4) is 0 Å². The fourth-order valence-electron chi connectivity index (χ4n) is 2.63. The molecular formula is C13H24N4O. The molecule has 0 bridgehead atoms. The van der Waals surface area contributed by atoms with E-state index in [9.17, 15) is 0 Å². The Bertz CT molecular complexity index is 389. The van der Waals surface area contributed by atoms with Gasteiger partial charge >= 0.3 is 0 Å². The van der Waals surface area contributed by atoms with Crippen LogP contribution in [0.1, 0.15) is 58.1 Å². The summed E-state index contributed by atoms with van der Waals surface area (Å²) in [5.41, 5.74) is 5.66. The van der Waals surface area contributed by atoms with E-state index in [-0.39, 0.29) is 5.60 Å². The van der Waals surface area contributed by atoms with Gasteiger partial charge in [0.05, 0.1) is 6.54 Å². The fourth-order valence-corrected chi connectivity index (χ4v) is 2.63. The quantitative estimate of drug-likeness (QED) is 0.860. The van der Waals surface area contributed by atoms with Crippen LogP contribution in [0, 0.1) is 5.41 Å². The maximum atomic E-state index is 6.02. The lowest BCUT2D eigenvalue weighted by molar-refractivity contribution is -0.0946. The molecule has 1 fully saturated rings. The van der Waals surface area contributed by atoms with Crippen LogP contribution in [-0.4, -0.2) is 21.8 Å². The van der Waals surface area contributed by atoms with Gasteiger partial charge in [-0.1, -0.05) is 13.8 Å². The zero-order valence-electron chi connectivity index (χ0n) is 11.6. The first kappa shape index (κ1) is 13.5. The van der Waals surface area contributed by atoms with Crippen molar-refractivity contribution in [3.63, 3.8) is 0 Å². The van der Waals surface area contributed by atoms with E-state index in [1.54, 1.807) is 0 Å². The number of H-pyrrole nitrogens is 1. The molecule has 0 atom stereocenters. The molecule has 1 heterocycles. The van der Waals surface area contributed by atoms with Crippen molar-refractivity contribution >= 4 is 0 Å². The highest BCUT2D eigenvalue weighted by Gasteiger charge is 2.43. The predicted molar refractivity (Wildman–Crippen MR) is 69.8 cm³/mol. The number of rotatable bonds is 4. The largest absolute Gasteiger partial charge is 0.367 e. The second-order valence-corrected chi connectivity index (χ2v) is 5.90. The number of ether oxygens (including phenoxy) is 1. The third-order valence-electron chi connectivity index (χ3n) is 3.96. The average Bonchev–Trinajstić information content (AvgIpc) is 2.82. The van der Waals surface area contributed by atoms with Crippen LogP contribution in [0.15, 0.2) is 0 Å². The summed E-state index contributed by atoms with van der Waals surface area (Å²) in [6.45, 7) is 7.73. The molecule has 0 saturated heterocycles. The average molecular weight is 252 g/mol. The number of nitrogens with one attached hydrogen (secondary N) is 1. The zero-order chi connectivity index (χ0) is 13.2. The first-order chi connectivity index (χ1) is 8.51. The summed E-state index contributed by atoms with van der Waals surface area (Å²) >= 11 is 0. The van der Waals surface area contributed by atoms with Gasteiger partial charge in [0.25, 0.3) is 0 Å². The van der Waals surface area contributed by atoms with E-state index in [4.69, 9.17) is 10.5 Å². The standard InChI is InChI=1S/C13H24N4O/c1-4-18-13(7-5-12(2,3)6-8-13)11-15-10(9-14)16-17-11/h4-9,14H2,1-3H3,(H,15,16,17). The normalized spacial score (nSPS) is 22.0. The molecule has 1 aromatic rings. The maximum absolute atomic E-state index is 6.02. The van der Waals surface area contributed by atoms with Crippen LogP contribution in [0.5, 0.6) is 0 Å². The van der Waals surface area contributed by atoms with Crippen LogP contribution < -0.4 is 5.73 Å². The van der Waals surface area contributed by atoms with Gasteiger partial charge in [0, 0.05) is 6.61 Å². The fraction of sp³-hybridized carbons (Fsp3) is 0.846. The Morgan fingerprint density at radius 1 is 1.28 bits per heavy atom. The molecule has 0 amide bonds. The summed E-state index contributed by atoms with van der Waals surface area (Å²) in [6, 6.07) is 0. The third-order valence-corrected chi connectivity index (χ3v) is 3.96. The molecule has 2 rings (SSSR count). The van der Waals surface area contributed by atoms with Crippen molar-refractivity contribution in [1.82, 2.24) is 15.2 Å². The Kier molecular flexibility index (Phi) is 3.73. The Morgan fingerprint density at radius 2 is 1.94 bits per heavy atom. The van der Waals surface area contributed by atoms with Gasteiger partial charge in [0.2, 0.25) is 0 Å². The topological polar surface area (TPSA) is 76.8 Å². The Balaban J connectivity index is 2.22. The van der Waals surface area contributed by atoms with Crippen molar-refractivity contribution in [3.05, 3.63) is 11.6 Å². The van der Waals surface area contributed by atoms with Crippen molar-refractivity contribution < 1.29 is 4.74 Å². The monoisotopic (exact) mass is 252 g/mol. The summed E-state index contributed by atoms with van der Waals surface area (Å²) in [5, 5.41) is 7.20. The number of aromatic amines is 1. The lowest BCUT2D eigenvalue weighted by Crippen LogP contribution is -2.38. The smallest absolute Gasteiger partial charge is 0.182 e. The van der Waals surface area contributed by atoms with Gasteiger partial charge in [-0.2, -0.15) is 5.10 Å². The molecule has 5 heteroatoms. The number of nitrogens with zero attached hydrogens (tertiary/aromatic N) is 2. The van der Waals surface area contributed by atoms with E-state index < -0.39 is 0 Å². The number of hydrogen-bond acceptors (Lipinski definition) is 4. The van der Waals surface area contributed by atoms with E-state index in [0.717, 1.165) is 37.3 Å². The third kappa shape index (κ3) is 2.57. The minimum Gasteiger partial charge on any atom is -0.367 e.